The molecule has 7 nitrogen and oxygen atoms in total. The molecule has 0 spiro atoms. The first-order valence-corrected chi connectivity index (χ1v) is 10.1. The number of nitrogen functional groups attached to an aromatic ring is 1. The van der Waals surface area contributed by atoms with Gasteiger partial charge in [-0.2, -0.15) is 0 Å². The average molecular weight is 403 g/mol. The maximum Gasteiger partial charge on any atom is 0.319 e. The van der Waals surface area contributed by atoms with Gasteiger partial charge in [-0.1, -0.05) is 49.7 Å². The molecule has 7 heteroatoms. The molecule has 0 aliphatic carbocycles. The van der Waals surface area contributed by atoms with Crippen molar-refractivity contribution in [1.29, 1.82) is 0 Å². The Kier molecular flexibility index (Phi) is 5.27. The van der Waals surface area contributed by atoms with Crippen LogP contribution in [0.3, 0.4) is 0 Å². The van der Waals surface area contributed by atoms with Gasteiger partial charge in [0, 0.05) is 17.6 Å². The van der Waals surface area contributed by atoms with Gasteiger partial charge in [0.25, 0.3) is 0 Å². The summed E-state index contributed by atoms with van der Waals surface area (Å²) in [5, 5.41) is 6.76. The molecule has 2 amide bonds. The standard InChI is InChI=1S/C23H26N6O/c1-14(2)13-29-19(12-25-23(30)26-16-10-8-15(3)9-11-16)28-20-21(29)17-6-4-5-7-18(17)27-22(20)24/h4-11,14H,12-13H2,1-3H3,(H2,24,27)(H2,25,26,30). The zero-order valence-electron chi connectivity index (χ0n) is 17.4. The van der Waals surface area contributed by atoms with E-state index in [-0.39, 0.29) is 12.6 Å². The van der Waals surface area contributed by atoms with Gasteiger partial charge >= 0.3 is 6.03 Å². The number of benzene rings is 2. The Balaban J connectivity index is 1.66. The van der Waals surface area contributed by atoms with E-state index in [1.54, 1.807) is 0 Å². The number of urea groups is 1. The van der Waals surface area contributed by atoms with Crippen LogP contribution in [-0.4, -0.2) is 20.6 Å². The van der Waals surface area contributed by atoms with Gasteiger partial charge in [-0.3, -0.25) is 0 Å². The van der Waals surface area contributed by atoms with Crippen LogP contribution in [0.15, 0.2) is 48.5 Å². The van der Waals surface area contributed by atoms with E-state index in [2.05, 4.69) is 34.0 Å². The van der Waals surface area contributed by atoms with Crippen LogP contribution in [0.4, 0.5) is 16.3 Å². The van der Waals surface area contributed by atoms with Crippen LogP contribution in [0.5, 0.6) is 0 Å². The van der Waals surface area contributed by atoms with Crippen molar-refractivity contribution in [2.24, 2.45) is 5.92 Å². The molecule has 4 rings (SSSR count). The fourth-order valence-electron chi connectivity index (χ4n) is 3.57. The van der Waals surface area contributed by atoms with Crippen LogP contribution in [0.1, 0.15) is 25.2 Å². The molecule has 0 saturated heterocycles. The minimum Gasteiger partial charge on any atom is -0.382 e. The molecule has 0 atom stereocenters. The molecule has 2 aromatic carbocycles. The fraction of sp³-hybridized carbons (Fsp3) is 0.261. The van der Waals surface area contributed by atoms with E-state index in [1.165, 1.54) is 0 Å². The van der Waals surface area contributed by atoms with Gasteiger partial charge in [0.15, 0.2) is 5.82 Å². The summed E-state index contributed by atoms with van der Waals surface area (Å²) < 4.78 is 2.15. The molecule has 0 bridgehead atoms. The van der Waals surface area contributed by atoms with Crippen molar-refractivity contribution in [3.8, 4) is 0 Å². The molecule has 30 heavy (non-hydrogen) atoms. The highest BCUT2D eigenvalue weighted by atomic mass is 16.2. The van der Waals surface area contributed by atoms with Crippen LogP contribution in [0.2, 0.25) is 0 Å². The first-order valence-electron chi connectivity index (χ1n) is 10.1. The van der Waals surface area contributed by atoms with Gasteiger partial charge in [0.05, 0.1) is 17.6 Å². The van der Waals surface area contributed by atoms with Gasteiger partial charge in [-0.25, -0.2) is 14.8 Å². The van der Waals surface area contributed by atoms with Gasteiger partial charge in [-0.15, -0.1) is 0 Å². The van der Waals surface area contributed by atoms with Gasteiger partial charge in [0.1, 0.15) is 11.3 Å². The summed E-state index contributed by atoms with van der Waals surface area (Å²) in [5.74, 6) is 1.55. The largest absolute Gasteiger partial charge is 0.382 e. The fourth-order valence-corrected chi connectivity index (χ4v) is 3.57. The summed E-state index contributed by atoms with van der Waals surface area (Å²) in [7, 11) is 0. The van der Waals surface area contributed by atoms with Crippen molar-refractivity contribution in [3.05, 3.63) is 59.9 Å². The van der Waals surface area contributed by atoms with Crippen molar-refractivity contribution in [2.75, 3.05) is 11.1 Å². The highest BCUT2D eigenvalue weighted by molar-refractivity contribution is 6.06. The molecule has 0 radical (unpaired) electrons. The summed E-state index contributed by atoms with van der Waals surface area (Å²) in [6.45, 7) is 7.36. The molecule has 154 valence electrons. The summed E-state index contributed by atoms with van der Waals surface area (Å²) in [4.78, 5) is 21.6. The smallest absolute Gasteiger partial charge is 0.319 e. The van der Waals surface area contributed by atoms with E-state index in [0.717, 1.165) is 40.0 Å². The number of fused-ring (bicyclic) bond motifs is 3. The lowest BCUT2D eigenvalue weighted by atomic mass is 10.1. The average Bonchev–Trinajstić information content (AvgIpc) is 3.07. The maximum absolute atomic E-state index is 12.4. The highest BCUT2D eigenvalue weighted by Crippen LogP contribution is 2.29. The van der Waals surface area contributed by atoms with E-state index in [1.807, 2.05) is 55.5 Å². The topological polar surface area (TPSA) is 97.9 Å². The van der Waals surface area contributed by atoms with Crippen LogP contribution in [0, 0.1) is 12.8 Å². The number of anilines is 2. The third kappa shape index (κ3) is 3.91. The molecule has 0 aliphatic heterocycles. The SMILES string of the molecule is Cc1ccc(NC(=O)NCc2nc3c(N)nc4ccccc4c3n2CC(C)C)cc1. The number of hydrogen-bond donors (Lipinski definition) is 3. The Labute approximate surface area is 175 Å². The number of rotatable bonds is 5. The quantitative estimate of drug-likeness (QED) is 0.459. The lowest BCUT2D eigenvalue weighted by Gasteiger charge is -2.14. The van der Waals surface area contributed by atoms with E-state index in [9.17, 15) is 4.79 Å². The number of amides is 2. The number of imidazole rings is 1. The molecule has 0 fully saturated rings. The molecular formula is C23H26N6O. The predicted molar refractivity (Wildman–Crippen MR) is 121 cm³/mol. The Bertz CT molecular complexity index is 1210. The number of carbonyl (C=O) groups excluding carboxylic acids is 1. The number of nitrogens with one attached hydrogen (secondary N) is 2. The van der Waals surface area contributed by atoms with Crippen molar-refractivity contribution in [1.82, 2.24) is 19.9 Å². The van der Waals surface area contributed by atoms with Crippen LogP contribution < -0.4 is 16.4 Å². The van der Waals surface area contributed by atoms with Gasteiger partial charge < -0.3 is 20.9 Å². The molecule has 2 heterocycles. The number of para-hydroxylation sites is 1. The summed E-state index contributed by atoms with van der Waals surface area (Å²) in [5.41, 5.74) is 10.6. The highest BCUT2D eigenvalue weighted by Gasteiger charge is 2.18. The van der Waals surface area contributed by atoms with Crippen molar-refractivity contribution >= 4 is 39.5 Å². The summed E-state index contributed by atoms with van der Waals surface area (Å²) in [6, 6.07) is 15.3. The number of nitrogens with two attached hydrogens (primary N) is 1. The zero-order valence-corrected chi connectivity index (χ0v) is 17.4. The van der Waals surface area contributed by atoms with Crippen LogP contribution in [0.25, 0.3) is 21.9 Å². The second-order valence-corrected chi connectivity index (χ2v) is 7.92. The minimum atomic E-state index is -0.280. The van der Waals surface area contributed by atoms with E-state index < -0.39 is 0 Å². The summed E-state index contributed by atoms with van der Waals surface area (Å²) in [6.07, 6.45) is 0. The van der Waals surface area contributed by atoms with Crippen molar-refractivity contribution in [2.45, 2.75) is 33.9 Å². The summed E-state index contributed by atoms with van der Waals surface area (Å²) >= 11 is 0. The third-order valence-electron chi connectivity index (χ3n) is 4.95. The molecule has 0 unspecified atom stereocenters. The molecule has 0 aliphatic rings. The maximum atomic E-state index is 12.4. The first-order chi connectivity index (χ1) is 14.4. The molecule has 0 saturated carbocycles. The number of aromatic nitrogens is 3. The molecule has 2 aromatic heterocycles. The monoisotopic (exact) mass is 402 g/mol. The van der Waals surface area contributed by atoms with Crippen LogP contribution in [-0.2, 0) is 13.1 Å². The molecule has 4 aromatic rings. The normalized spacial score (nSPS) is 11.3. The minimum absolute atomic E-state index is 0.280. The number of pyridine rings is 1. The lowest BCUT2D eigenvalue weighted by Crippen LogP contribution is -2.29. The van der Waals surface area contributed by atoms with Crippen molar-refractivity contribution in [3.63, 3.8) is 0 Å². The van der Waals surface area contributed by atoms with E-state index in [4.69, 9.17) is 10.7 Å². The Morgan fingerprint density at radius 3 is 2.57 bits per heavy atom. The molecular weight excluding hydrogens is 376 g/mol. The van der Waals surface area contributed by atoms with Crippen LogP contribution >= 0.6 is 0 Å². The second kappa shape index (κ2) is 8.02. The Morgan fingerprint density at radius 2 is 1.83 bits per heavy atom. The molecule has 4 N–H and O–H groups in total. The van der Waals surface area contributed by atoms with Gasteiger partial charge in [0.2, 0.25) is 0 Å². The number of carbonyl (C=O) groups is 1. The number of aryl methyl sites for hydroxylation is 1. The van der Waals surface area contributed by atoms with E-state index >= 15 is 0 Å². The third-order valence-corrected chi connectivity index (χ3v) is 4.95. The second-order valence-electron chi connectivity index (χ2n) is 7.92. The number of hydrogen-bond acceptors (Lipinski definition) is 4. The van der Waals surface area contributed by atoms with E-state index in [0.29, 0.717) is 17.3 Å². The van der Waals surface area contributed by atoms with Crippen molar-refractivity contribution < 1.29 is 4.79 Å². The Hall–Kier alpha value is -3.61. The number of nitrogens with zero attached hydrogens (tertiary/aromatic N) is 3. The lowest BCUT2D eigenvalue weighted by molar-refractivity contribution is 0.251. The predicted octanol–water partition coefficient (Wildman–Crippen LogP) is 4.45. The first kappa shape index (κ1) is 19.7. The Morgan fingerprint density at radius 1 is 1.10 bits per heavy atom. The zero-order chi connectivity index (χ0) is 21.3. The van der Waals surface area contributed by atoms with Gasteiger partial charge in [-0.05, 0) is 31.0 Å².